The third-order valence-electron chi connectivity index (χ3n) is 3.82. The van der Waals surface area contributed by atoms with Gasteiger partial charge in [0.05, 0.1) is 5.69 Å². The Labute approximate surface area is 111 Å². The van der Waals surface area contributed by atoms with Crippen molar-refractivity contribution in [3.05, 3.63) is 29.6 Å². The van der Waals surface area contributed by atoms with Crippen molar-refractivity contribution in [2.24, 2.45) is 0 Å². The van der Waals surface area contributed by atoms with Crippen LogP contribution in [0.15, 0.2) is 18.3 Å². The Balaban J connectivity index is 1.99. The van der Waals surface area contributed by atoms with E-state index in [2.05, 4.69) is 42.0 Å². The lowest BCUT2D eigenvalue weighted by Gasteiger charge is -2.29. The molecule has 1 saturated heterocycles. The summed E-state index contributed by atoms with van der Waals surface area (Å²) in [5, 5.41) is 3.58. The second-order valence-electron chi connectivity index (χ2n) is 5.58. The standard InChI is InChI=1S/C15H25N3/c1-12(2)18(10-14-7-5-8-16-14)11-15-13(3)6-4-9-17-15/h4,6,9,12,14,16H,5,7-8,10-11H2,1-3H3. The Morgan fingerprint density at radius 2 is 2.33 bits per heavy atom. The normalized spacial score (nSPS) is 19.9. The molecule has 0 amide bonds. The summed E-state index contributed by atoms with van der Waals surface area (Å²) in [5.41, 5.74) is 2.51. The number of aromatic nitrogens is 1. The number of aryl methyl sites for hydroxylation is 1. The van der Waals surface area contributed by atoms with Gasteiger partial charge in [-0.15, -0.1) is 0 Å². The molecule has 18 heavy (non-hydrogen) atoms. The van der Waals surface area contributed by atoms with Gasteiger partial charge < -0.3 is 5.32 Å². The molecule has 1 aliphatic heterocycles. The molecule has 0 bridgehead atoms. The Kier molecular flexibility index (Phi) is 4.72. The van der Waals surface area contributed by atoms with Crippen LogP contribution in [0.5, 0.6) is 0 Å². The van der Waals surface area contributed by atoms with Crippen LogP contribution < -0.4 is 5.32 Å². The first-order chi connectivity index (χ1) is 8.66. The smallest absolute Gasteiger partial charge is 0.0573 e. The average molecular weight is 247 g/mol. The second-order valence-corrected chi connectivity index (χ2v) is 5.58. The molecule has 0 saturated carbocycles. The molecular weight excluding hydrogens is 222 g/mol. The average Bonchev–Trinajstić information content (AvgIpc) is 2.83. The van der Waals surface area contributed by atoms with E-state index in [4.69, 9.17) is 0 Å². The van der Waals surface area contributed by atoms with Crippen molar-refractivity contribution in [2.45, 2.75) is 52.2 Å². The second kappa shape index (κ2) is 6.30. The van der Waals surface area contributed by atoms with Gasteiger partial charge in [0.1, 0.15) is 0 Å². The van der Waals surface area contributed by atoms with Gasteiger partial charge in [0.2, 0.25) is 0 Å². The van der Waals surface area contributed by atoms with E-state index in [0.29, 0.717) is 12.1 Å². The van der Waals surface area contributed by atoms with Crippen molar-refractivity contribution in [1.82, 2.24) is 15.2 Å². The third-order valence-corrected chi connectivity index (χ3v) is 3.82. The third kappa shape index (κ3) is 3.53. The fraction of sp³-hybridized carbons (Fsp3) is 0.667. The minimum atomic E-state index is 0.564. The molecule has 1 unspecified atom stereocenters. The highest BCUT2D eigenvalue weighted by Gasteiger charge is 2.20. The van der Waals surface area contributed by atoms with Crippen molar-refractivity contribution >= 4 is 0 Å². The monoisotopic (exact) mass is 247 g/mol. The van der Waals surface area contributed by atoms with Crippen LogP contribution in [-0.2, 0) is 6.54 Å². The van der Waals surface area contributed by atoms with Crippen LogP contribution in [0.1, 0.15) is 37.9 Å². The molecule has 0 aromatic carbocycles. The van der Waals surface area contributed by atoms with Crippen LogP contribution >= 0.6 is 0 Å². The molecule has 0 radical (unpaired) electrons. The highest BCUT2D eigenvalue weighted by Crippen LogP contribution is 2.13. The first kappa shape index (κ1) is 13.5. The van der Waals surface area contributed by atoms with Gasteiger partial charge in [-0.1, -0.05) is 6.07 Å². The predicted octanol–water partition coefficient (Wildman–Crippen LogP) is 2.35. The zero-order chi connectivity index (χ0) is 13.0. The Hall–Kier alpha value is -0.930. The maximum Gasteiger partial charge on any atom is 0.0573 e. The fourth-order valence-electron chi connectivity index (χ4n) is 2.53. The summed E-state index contributed by atoms with van der Waals surface area (Å²) in [6, 6.07) is 5.39. The number of hydrogen-bond donors (Lipinski definition) is 1. The van der Waals surface area contributed by atoms with E-state index in [1.54, 1.807) is 0 Å². The van der Waals surface area contributed by atoms with Gasteiger partial charge in [-0.3, -0.25) is 9.88 Å². The van der Waals surface area contributed by atoms with E-state index in [9.17, 15) is 0 Å². The van der Waals surface area contributed by atoms with E-state index >= 15 is 0 Å². The summed E-state index contributed by atoms with van der Waals surface area (Å²) in [7, 11) is 0. The number of nitrogens with one attached hydrogen (secondary N) is 1. The number of nitrogens with zero attached hydrogens (tertiary/aromatic N) is 2. The van der Waals surface area contributed by atoms with Crippen molar-refractivity contribution < 1.29 is 0 Å². The molecule has 3 nitrogen and oxygen atoms in total. The van der Waals surface area contributed by atoms with Crippen LogP contribution in [0.4, 0.5) is 0 Å². The lowest BCUT2D eigenvalue weighted by atomic mass is 10.1. The molecule has 3 heteroatoms. The molecule has 1 fully saturated rings. The number of pyridine rings is 1. The quantitative estimate of drug-likeness (QED) is 0.865. The summed E-state index contributed by atoms with van der Waals surface area (Å²) in [6.07, 6.45) is 4.53. The van der Waals surface area contributed by atoms with Crippen molar-refractivity contribution in [3.63, 3.8) is 0 Å². The molecule has 1 N–H and O–H groups in total. The highest BCUT2D eigenvalue weighted by atomic mass is 15.2. The highest BCUT2D eigenvalue weighted by molar-refractivity contribution is 5.17. The molecule has 1 atom stereocenters. The summed E-state index contributed by atoms with van der Waals surface area (Å²) in [4.78, 5) is 7.04. The SMILES string of the molecule is Cc1cccnc1CN(CC1CCCN1)C(C)C. The zero-order valence-electron chi connectivity index (χ0n) is 11.8. The first-order valence-corrected chi connectivity index (χ1v) is 7.04. The molecular formula is C15H25N3. The minimum Gasteiger partial charge on any atom is -0.313 e. The predicted molar refractivity (Wildman–Crippen MR) is 75.5 cm³/mol. The minimum absolute atomic E-state index is 0.564. The van der Waals surface area contributed by atoms with Gasteiger partial charge in [-0.25, -0.2) is 0 Å². The van der Waals surface area contributed by atoms with Crippen LogP contribution in [0.3, 0.4) is 0 Å². The first-order valence-electron chi connectivity index (χ1n) is 7.04. The number of rotatable bonds is 5. The van der Waals surface area contributed by atoms with Gasteiger partial charge in [-0.05, 0) is 51.8 Å². The lowest BCUT2D eigenvalue weighted by molar-refractivity contribution is 0.191. The van der Waals surface area contributed by atoms with E-state index in [0.717, 1.165) is 13.1 Å². The van der Waals surface area contributed by atoms with Crippen molar-refractivity contribution in [1.29, 1.82) is 0 Å². The molecule has 100 valence electrons. The maximum atomic E-state index is 4.51. The van der Waals surface area contributed by atoms with Crippen LogP contribution in [0, 0.1) is 6.92 Å². The van der Waals surface area contributed by atoms with Gasteiger partial charge in [0.25, 0.3) is 0 Å². The van der Waals surface area contributed by atoms with E-state index in [1.807, 2.05) is 12.3 Å². The maximum absolute atomic E-state index is 4.51. The summed E-state index contributed by atoms with van der Waals surface area (Å²) >= 11 is 0. The molecule has 0 aliphatic carbocycles. The van der Waals surface area contributed by atoms with E-state index in [1.165, 1.54) is 30.6 Å². The summed E-state index contributed by atoms with van der Waals surface area (Å²) < 4.78 is 0. The van der Waals surface area contributed by atoms with Crippen molar-refractivity contribution in [2.75, 3.05) is 13.1 Å². The largest absolute Gasteiger partial charge is 0.313 e. The van der Waals surface area contributed by atoms with Crippen LogP contribution in [-0.4, -0.2) is 35.1 Å². The van der Waals surface area contributed by atoms with Gasteiger partial charge >= 0.3 is 0 Å². The summed E-state index contributed by atoms with van der Waals surface area (Å²) in [5.74, 6) is 0. The Bertz CT molecular complexity index is 370. The van der Waals surface area contributed by atoms with E-state index in [-0.39, 0.29) is 0 Å². The van der Waals surface area contributed by atoms with Gasteiger partial charge in [0, 0.05) is 31.4 Å². The number of hydrogen-bond acceptors (Lipinski definition) is 3. The van der Waals surface area contributed by atoms with Gasteiger partial charge in [0.15, 0.2) is 0 Å². The van der Waals surface area contributed by atoms with Gasteiger partial charge in [-0.2, -0.15) is 0 Å². The van der Waals surface area contributed by atoms with Crippen LogP contribution in [0.25, 0.3) is 0 Å². The Morgan fingerprint density at radius 3 is 2.94 bits per heavy atom. The molecule has 2 rings (SSSR count). The Morgan fingerprint density at radius 1 is 1.50 bits per heavy atom. The zero-order valence-corrected chi connectivity index (χ0v) is 11.8. The van der Waals surface area contributed by atoms with Crippen molar-refractivity contribution in [3.8, 4) is 0 Å². The van der Waals surface area contributed by atoms with Crippen LogP contribution in [0.2, 0.25) is 0 Å². The summed E-state index contributed by atoms with van der Waals surface area (Å²) in [6.45, 7) is 9.96. The van der Waals surface area contributed by atoms with E-state index < -0.39 is 0 Å². The molecule has 0 spiro atoms. The lowest BCUT2D eigenvalue weighted by Crippen LogP contribution is -2.41. The topological polar surface area (TPSA) is 28.2 Å². The fourth-order valence-corrected chi connectivity index (χ4v) is 2.53. The molecule has 2 heterocycles. The molecule has 1 aromatic rings. The molecule has 1 aliphatic rings. The molecule has 1 aromatic heterocycles.